The zero-order valence-electron chi connectivity index (χ0n) is 15.0. The van der Waals surface area contributed by atoms with Crippen molar-refractivity contribution in [3.8, 4) is 5.75 Å². The molecule has 1 aliphatic rings. The van der Waals surface area contributed by atoms with Crippen molar-refractivity contribution in [3.05, 3.63) is 59.7 Å². The van der Waals surface area contributed by atoms with Gasteiger partial charge in [-0.15, -0.1) is 0 Å². The Hall–Kier alpha value is -2.18. The van der Waals surface area contributed by atoms with Gasteiger partial charge in [0.2, 0.25) is 10.0 Å². The number of ether oxygens (including phenoxy) is 1. The lowest BCUT2D eigenvalue weighted by Gasteiger charge is -2.30. The highest BCUT2D eigenvalue weighted by Gasteiger charge is 2.33. The van der Waals surface area contributed by atoms with Gasteiger partial charge in [0.05, 0.1) is 10.8 Å². The Balaban J connectivity index is 1.64. The van der Waals surface area contributed by atoms with Gasteiger partial charge < -0.3 is 4.74 Å². The highest BCUT2D eigenvalue weighted by molar-refractivity contribution is 7.89. The molecule has 0 amide bonds. The van der Waals surface area contributed by atoms with Gasteiger partial charge in [-0.05, 0) is 49.9 Å². The van der Waals surface area contributed by atoms with E-state index in [-0.39, 0.29) is 16.8 Å². The molecule has 3 rings (SSSR count). The summed E-state index contributed by atoms with van der Waals surface area (Å²) in [6.45, 7) is 4.46. The highest BCUT2D eigenvalue weighted by Crippen LogP contribution is 2.27. The van der Waals surface area contributed by atoms with Crippen molar-refractivity contribution in [2.24, 2.45) is 5.92 Å². The summed E-state index contributed by atoms with van der Waals surface area (Å²) in [5.74, 6) is 0.0484. The van der Waals surface area contributed by atoms with Crippen LogP contribution in [0.25, 0.3) is 0 Å². The van der Waals surface area contributed by atoms with Crippen LogP contribution < -0.4 is 4.74 Å². The zero-order chi connectivity index (χ0) is 18.7. The first-order valence-corrected chi connectivity index (χ1v) is 10.2. The van der Waals surface area contributed by atoms with Crippen molar-refractivity contribution in [1.29, 1.82) is 0 Å². The fourth-order valence-corrected chi connectivity index (χ4v) is 4.71. The standard InChI is InChI=1S/C20H23NO4S/c1-15-7-6-8-16(2)19(15)25-20(22)17-11-13-21(14-12-17)26(23,24)18-9-4-3-5-10-18/h3-10,17H,11-14H2,1-2H3. The number of piperidine rings is 1. The van der Waals surface area contributed by atoms with Crippen LogP contribution in [0.4, 0.5) is 0 Å². The van der Waals surface area contributed by atoms with E-state index in [1.807, 2.05) is 32.0 Å². The van der Waals surface area contributed by atoms with Gasteiger partial charge in [-0.2, -0.15) is 4.31 Å². The van der Waals surface area contributed by atoms with Crippen LogP contribution in [0.1, 0.15) is 24.0 Å². The van der Waals surface area contributed by atoms with E-state index in [0.717, 1.165) is 11.1 Å². The minimum atomic E-state index is -3.50. The number of sulfonamides is 1. The number of benzene rings is 2. The molecule has 6 heteroatoms. The van der Waals surface area contributed by atoms with E-state index in [0.29, 0.717) is 31.7 Å². The van der Waals surface area contributed by atoms with Crippen molar-refractivity contribution >= 4 is 16.0 Å². The van der Waals surface area contributed by atoms with Gasteiger partial charge in [-0.1, -0.05) is 36.4 Å². The predicted molar refractivity (Wildman–Crippen MR) is 99.5 cm³/mol. The molecule has 1 aliphatic heterocycles. The molecule has 1 fully saturated rings. The van der Waals surface area contributed by atoms with Crippen LogP contribution >= 0.6 is 0 Å². The molecule has 26 heavy (non-hydrogen) atoms. The summed E-state index contributed by atoms with van der Waals surface area (Å²) in [6, 6.07) is 14.1. The largest absolute Gasteiger partial charge is 0.426 e. The predicted octanol–water partition coefficient (Wildman–Crippen LogP) is 3.31. The lowest BCUT2D eigenvalue weighted by atomic mass is 9.98. The van der Waals surface area contributed by atoms with E-state index < -0.39 is 10.0 Å². The average molecular weight is 373 g/mol. The number of hydrogen-bond donors (Lipinski definition) is 0. The maximum atomic E-state index is 12.7. The molecular weight excluding hydrogens is 350 g/mol. The third-order valence-electron chi connectivity index (χ3n) is 4.78. The van der Waals surface area contributed by atoms with Crippen LogP contribution in [0, 0.1) is 19.8 Å². The first-order chi connectivity index (χ1) is 12.4. The molecule has 5 nitrogen and oxygen atoms in total. The van der Waals surface area contributed by atoms with Crippen LogP contribution in [0.15, 0.2) is 53.4 Å². The first-order valence-electron chi connectivity index (χ1n) is 8.72. The summed E-state index contributed by atoms with van der Waals surface area (Å²) in [5.41, 5.74) is 1.84. The SMILES string of the molecule is Cc1cccc(C)c1OC(=O)C1CCN(S(=O)(=O)c2ccccc2)CC1. The maximum Gasteiger partial charge on any atom is 0.314 e. The quantitative estimate of drug-likeness (QED) is 0.609. The molecule has 0 N–H and O–H groups in total. The topological polar surface area (TPSA) is 63.7 Å². The molecule has 0 unspecified atom stereocenters. The second-order valence-electron chi connectivity index (χ2n) is 6.63. The smallest absolute Gasteiger partial charge is 0.314 e. The summed E-state index contributed by atoms with van der Waals surface area (Å²) >= 11 is 0. The molecule has 0 radical (unpaired) electrons. The number of rotatable bonds is 4. The van der Waals surface area contributed by atoms with Gasteiger partial charge in [-0.25, -0.2) is 8.42 Å². The Labute approximate surface area is 154 Å². The van der Waals surface area contributed by atoms with E-state index >= 15 is 0 Å². The molecule has 1 saturated heterocycles. The highest BCUT2D eigenvalue weighted by atomic mass is 32.2. The van der Waals surface area contributed by atoms with Crippen molar-refractivity contribution < 1.29 is 17.9 Å². The van der Waals surface area contributed by atoms with Gasteiger partial charge >= 0.3 is 5.97 Å². The van der Waals surface area contributed by atoms with Gasteiger partial charge in [0.1, 0.15) is 5.75 Å². The fraction of sp³-hybridized carbons (Fsp3) is 0.350. The number of para-hydroxylation sites is 1. The maximum absolute atomic E-state index is 12.7. The third-order valence-corrected chi connectivity index (χ3v) is 6.69. The summed E-state index contributed by atoms with van der Waals surface area (Å²) < 4.78 is 32.4. The van der Waals surface area contributed by atoms with Crippen LogP contribution in [-0.2, 0) is 14.8 Å². The number of carbonyl (C=O) groups excluding carboxylic acids is 1. The van der Waals surface area contributed by atoms with Gasteiger partial charge in [-0.3, -0.25) is 4.79 Å². The minimum absolute atomic E-state index is 0.279. The number of aryl methyl sites for hydroxylation is 2. The number of carbonyl (C=O) groups is 1. The molecule has 0 aliphatic carbocycles. The second-order valence-corrected chi connectivity index (χ2v) is 8.57. The Kier molecular flexibility index (Phi) is 5.44. The van der Waals surface area contributed by atoms with E-state index in [1.165, 1.54) is 4.31 Å². The van der Waals surface area contributed by atoms with E-state index in [1.54, 1.807) is 30.3 Å². The molecule has 2 aromatic carbocycles. The minimum Gasteiger partial charge on any atom is -0.426 e. The molecule has 1 heterocycles. The van der Waals surface area contributed by atoms with Crippen molar-refractivity contribution in [3.63, 3.8) is 0 Å². The lowest BCUT2D eigenvalue weighted by Crippen LogP contribution is -2.41. The average Bonchev–Trinajstić information content (AvgIpc) is 2.65. The molecule has 0 spiro atoms. The van der Waals surface area contributed by atoms with E-state index in [9.17, 15) is 13.2 Å². The molecule has 0 bridgehead atoms. The fourth-order valence-electron chi connectivity index (χ4n) is 3.22. The second kappa shape index (κ2) is 7.60. The van der Waals surface area contributed by atoms with Gasteiger partial charge in [0.15, 0.2) is 0 Å². The Bertz CT molecular complexity index is 865. The normalized spacial score (nSPS) is 16.4. The first kappa shape index (κ1) is 18.6. The number of esters is 1. The summed E-state index contributed by atoms with van der Waals surface area (Å²) in [7, 11) is -3.50. The van der Waals surface area contributed by atoms with Crippen LogP contribution in [0.5, 0.6) is 5.75 Å². The molecule has 138 valence electrons. The van der Waals surface area contributed by atoms with Crippen LogP contribution in [0.2, 0.25) is 0 Å². The molecule has 2 aromatic rings. The van der Waals surface area contributed by atoms with Gasteiger partial charge in [0.25, 0.3) is 0 Å². The zero-order valence-corrected chi connectivity index (χ0v) is 15.8. The molecule has 0 saturated carbocycles. The van der Waals surface area contributed by atoms with Gasteiger partial charge in [0, 0.05) is 13.1 Å². The number of hydrogen-bond acceptors (Lipinski definition) is 4. The Morgan fingerprint density at radius 3 is 2.12 bits per heavy atom. The molecule has 0 atom stereocenters. The van der Waals surface area contributed by atoms with Crippen molar-refractivity contribution in [2.75, 3.05) is 13.1 Å². The Morgan fingerprint density at radius 2 is 1.54 bits per heavy atom. The van der Waals surface area contributed by atoms with Crippen molar-refractivity contribution in [2.45, 2.75) is 31.6 Å². The summed E-state index contributed by atoms with van der Waals surface area (Å²) in [5, 5.41) is 0. The van der Waals surface area contributed by atoms with Crippen LogP contribution in [0.3, 0.4) is 0 Å². The monoisotopic (exact) mass is 373 g/mol. The summed E-state index contributed by atoms with van der Waals surface area (Å²) in [6.07, 6.45) is 0.936. The molecular formula is C20H23NO4S. The number of nitrogens with zero attached hydrogens (tertiary/aromatic N) is 1. The van der Waals surface area contributed by atoms with E-state index in [2.05, 4.69) is 0 Å². The lowest BCUT2D eigenvalue weighted by molar-refractivity contribution is -0.140. The van der Waals surface area contributed by atoms with E-state index in [4.69, 9.17) is 4.74 Å². The third kappa shape index (κ3) is 3.81. The van der Waals surface area contributed by atoms with Crippen LogP contribution in [-0.4, -0.2) is 31.8 Å². The molecule has 0 aromatic heterocycles. The summed E-state index contributed by atoms with van der Waals surface area (Å²) in [4.78, 5) is 12.8. The Morgan fingerprint density at radius 1 is 0.962 bits per heavy atom. The van der Waals surface area contributed by atoms with Crippen molar-refractivity contribution in [1.82, 2.24) is 4.31 Å².